The molecular weight excluding hydrogens is 451 g/mol. The van der Waals surface area contributed by atoms with Gasteiger partial charge in [-0.05, 0) is 49.2 Å². The van der Waals surface area contributed by atoms with Gasteiger partial charge in [0.1, 0.15) is 16.9 Å². The Kier molecular flexibility index (Phi) is 5.67. The first-order chi connectivity index (χ1) is 16.4. The van der Waals surface area contributed by atoms with Gasteiger partial charge in [0.2, 0.25) is 5.91 Å². The van der Waals surface area contributed by atoms with E-state index >= 15 is 0 Å². The third-order valence-corrected chi connectivity index (χ3v) is 6.74. The van der Waals surface area contributed by atoms with Crippen LogP contribution >= 0.6 is 11.8 Å². The molecule has 170 valence electrons. The predicted octanol–water partition coefficient (Wildman–Crippen LogP) is 5.35. The summed E-state index contributed by atoms with van der Waals surface area (Å²) >= 11 is 1.09. The number of halogens is 1. The molecule has 8 heteroatoms. The average molecular weight is 473 g/mol. The van der Waals surface area contributed by atoms with E-state index in [1.54, 1.807) is 12.1 Å². The number of nitrogens with one attached hydrogen (secondary N) is 2. The van der Waals surface area contributed by atoms with Gasteiger partial charge in [-0.2, -0.15) is 0 Å². The fourth-order valence-corrected chi connectivity index (χ4v) is 4.69. The van der Waals surface area contributed by atoms with E-state index in [4.69, 9.17) is 4.98 Å². The fourth-order valence-electron chi connectivity index (χ4n) is 3.89. The highest BCUT2D eigenvalue weighted by molar-refractivity contribution is 7.99. The van der Waals surface area contributed by atoms with Crippen LogP contribution in [0.25, 0.3) is 27.6 Å². The molecule has 0 aliphatic rings. The molecule has 0 bridgehead atoms. The van der Waals surface area contributed by atoms with Crippen LogP contribution in [0.4, 0.5) is 10.1 Å². The molecule has 0 aliphatic heterocycles. The Hall–Kier alpha value is -3.91. The number of hydrogen-bond donors (Lipinski definition) is 2. The van der Waals surface area contributed by atoms with Gasteiger partial charge in [-0.3, -0.25) is 14.2 Å². The minimum absolute atomic E-state index is 0.00212. The summed E-state index contributed by atoms with van der Waals surface area (Å²) in [5.41, 5.74) is 3.99. The molecule has 0 unspecified atom stereocenters. The highest BCUT2D eigenvalue weighted by Crippen LogP contribution is 2.27. The summed E-state index contributed by atoms with van der Waals surface area (Å²) in [6, 6.07) is 19.2. The van der Waals surface area contributed by atoms with Crippen molar-refractivity contribution in [1.29, 1.82) is 0 Å². The number of fused-ring (bicyclic) bond motifs is 3. The lowest BCUT2D eigenvalue weighted by Gasteiger charge is -2.13. The van der Waals surface area contributed by atoms with Gasteiger partial charge in [-0.25, -0.2) is 9.37 Å². The van der Waals surface area contributed by atoms with Gasteiger partial charge in [-0.15, -0.1) is 0 Å². The molecule has 0 fully saturated rings. The van der Waals surface area contributed by atoms with Crippen molar-refractivity contribution in [3.63, 3.8) is 0 Å². The summed E-state index contributed by atoms with van der Waals surface area (Å²) in [6.45, 7) is 3.92. The number of aromatic nitrogens is 3. The minimum atomic E-state index is -0.552. The number of amides is 1. The van der Waals surface area contributed by atoms with Crippen molar-refractivity contribution in [2.45, 2.75) is 19.0 Å². The molecule has 2 aromatic heterocycles. The third-order valence-electron chi connectivity index (χ3n) is 5.80. The van der Waals surface area contributed by atoms with Crippen molar-refractivity contribution < 1.29 is 9.18 Å². The number of nitrogens with zero attached hydrogens (tertiary/aromatic N) is 2. The van der Waals surface area contributed by atoms with Gasteiger partial charge in [-0.1, -0.05) is 54.2 Å². The molecule has 34 heavy (non-hydrogen) atoms. The zero-order valence-electron chi connectivity index (χ0n) is 18.6. The van der Waals surface area contributed by atoms with Gasteiger partial charge in [0.15, 0.2) is 5.16 Å². The van der Waals surface area contributed by atoms with Gasteiger partial charge >= 0.3 is 0 Å². The van der Waals surface area contributed by atoms with Gasteiger partial charge in [0.05, 0.1) is 11.4 Å². The lowest BCUT2D eigenvalue weighted by atomic mass is 10.1. The van der Waals surface area contributed by atoms with E-state index in [0.29, 0.717) is 5.52 Å². The predicted molar refractivity (Wildman–Crippen MR) is 134 cm³/mol. The molecule has 0 radical (unpaired) electrons. The maximum atomic E-state index is 14.7. The van der Waals surface area contributed by atoms with Crippen LogP contribution in [-0.2, 0) is 4.79 Å². The van der Waals surface area contributed by atoms with E-state index in [9.17, 15) is 14.0 Å². The van der Waals surface area contributed by atoms with Gasteiger partial charge in [0, 0.05) is 16.6 Å². The number of aryl methyl sites for hydroxylation is 1. The Labute approximate surface area is 198 Å². The number of anilines is 1. The summed E-state index contributed by atoms with van der Waals surface area (Å²) in [5.74, 6) is -0.794. The van der Waals surface area contributed by atoms with Crippen LogP contribution in [-0.4, -0.2) is 26.2 Å². The summed E-state index contributed by atoms with van der Waals surface area (Å²) in [5, 5.41) is 3.94. The Balaban J connectivity index is 1.57. The topological polar surface area (TPSA) is 79.8 Å². The summed E-state index contributed by atoms with van der Waals surface area (Å²) in [6.07, 6.45) is 0. The molecule has 5 aromatic rings. The van der Waals surface area contributed by atoms with Gasteiger partial charge < -0.3 is 10.3 Å². The molecule has 2 heterocycles. The second kappa shape index (κ2) is 8.79. The van der Waals surface area contributed by atoms with E-state index in [0.717, 1.165) is 39.5 Å². The Morgan fingerprint density at radius 2 is 1.82 bits per heavy atom. The number of H-pyrrole nitrogens is 1. The zero-order chi connectivity index (χ0) is 23.8. The summed E-state index contributed by atoms with van der Waals surface area (Å²) in [4.78, 5) is 34.1. The first-order valence-corrected chi connectivity index (χ1v) is 11.7. The molecule has 0 atom stereocenters. The van der Waals surface area contributed by atoms with Crippen LogP contribution in [0.2, 0.25) is 0 Å². The van der Waals surface area contributed by atoms with E-state index in [-0.39, 0.29) is 28.0 Å². The first kappa shape index (κ1) is 21.9. The van der Waals surface area contributed by atoms with Crippen molar-refractivity contribution in [2.75, 3.05) is 11.1 Å². The third kappa shape index (κ3) is 3.86. The standard InChI is InChI=1S/C26H21FN4O2S/c1-15-8-7-12-19(16(15)2)28-22(32)14-34-26-30-23-17-9-3-5-11-20(17)29-24(23)25(33)31(26)21-13-6-4-10-18(21)27/h3-13,29H,14H2,1-2H3,(H,28,32). The zero-order valence-corrected chi connectivity index (χ0v) is 19.4. The van der Waals surface area contributed by atoms with Crippen molar-refractivity contribution >= 4 is 45.3 Å². The van der Waals surface area contributed by atoms with E-state index in [2.05, 4.69) is 10.3 Å². The van der Waals surface area contributed by atoms with Crippen LogP contribution in [0.5, 0.6) is 0 Å². The molecule has 0 saturated carbocycles. The molecule has 0 spiro atoms. The number of benzene rings is 3. The second-order valence-corrected chi connectivity index (χ2v) is 8.91. The number of hydrogen-bond acceptors (Lipinski definition) is 4. The molecule has 5 rings (SSSR count). The van der Waals surface area contributed by atoms with Crippen LogP contribution < -0.4 is 10.9 Å². The highest BCUT2D eigenvalue weighted by Gasteiger charge is 2.20. The number of carbonyl (C=O) groups excluding carboxylic acids is 1. The maximum absolute atomic E-state index is 14.7. The first-order valence-electron chi connectivity index (χ1n) is 10.7. The monoisotopic (exact) mass is 472 g/mol. The van der Waals surface area contributed by atoms with Crippen LogP contribution in [0.1, 0.15) is 11.1 Å². The van der Waals surface area contributed by atoms with E-state index < -0.39 is 11.4 Å². The Bertz CT molecular complexity index is 1620. The van der Waals surface area contributed by atoms with Crippen LogP contribution in [0.3, 0.4) is 0 Å². The Morgan fingerprint density at radius 3 is 2.65 bits per heavy atom. The normalized spacial score (nSPS) is 11.3. The van der Waals surface area contributed by atoms with E-state index in [1.807, 2.05) is 56.3 Å². The smallest absolute Gasteiger partial charge is 0.283 e. The van der Waals surface area contributed by atoms with Crippen molar-refractivity contribution in [1.82, 2.24) is 14.5 Å². The molecule has 3 aromatic carbocycles. The molecule has 1 amide bonds. The summed E-state index contributed by atoms with van der Waals surface area (Å²) in [7, 11) is 0. The quantitative estimate of drug-likeness (QED) is 0.267. The highest BCUT2D eigenvalue weighted by atomic mass is 32.2. The van der Waals surface area contributed by atoms with Crippen LogP contribution in [0, 0.1) is 19.7 Å². The Morgan fingerprint density at radius 1 is 1.06 bits per heavy atom. The number of rotatable bonds is 5. The number of carbonyl (C=O) groups is 1. The maximum Gasteiger partial charge on any atom is 0.283 e. The van der Waals surface area contributed by atoms with Crippen molar-refractivity contribution in [3.05, 3.63) is 94.0 Å². The molecular formula is C26H21FN4O2S. The van der Waals surface area contributed by atoms with Crippen molar-refractivity contribution in [2.24, 2.45) is 0 Å². The molecule has 0 aliphatic carbocycles. The van der Waals surface area contributed by atoms with Crippen molar-refractivity contribution in [3.8, 4) is 5.69 Å². The lowest BCUT2D eigenvalue weighted by molar-refractivity contribution is -0.113. The number of aromatic amines is 1. The van der Waals surface area contributed by atoms with Crippen LogP contribution in [0.15, 0.2) is 76.7 Å². The summed E-state index contributed by atoms with van der Waals surface area (Å²) < 4.78 is 15.9. The SMILES string of the molecule is Cc1cccc(NC(=O)CSc2nc3c([nH]c4ccccc43)c(=O)n2-c2ccccc2F)c1C. The van der Waals surface area contributed by atoms with E-state index in [1.165, 1.54) is 16.7 Å². The second-order valence-electron chi connectivity index (χ2n) is 7.96. The molecule has 2 N–H and O–H groups in total. The molecule has 0 saturated heterocycles. The lowest BCUT2D eigenvalue weighted by Crippen LogP contribution is -2.23. The number of thioether (sulfide) groups is 1. The fraction of sp³-hybridized carbons (Fsp3) is 0.115. The average Bonchev–Trinajstić information content (AvgIpc) is 3.21. The number of para-hydroxylation sites is 2. The largest absolute Gasteiger partial charge is 0.349 e. The van der Waals surface area contributed by atoms with Gasteiger partial charge in [0.25, 0.3) is 5.56 Å². The minimum Gasteiger partial charge on any atom is -0.349 e. The molecule has 6 nitrogen and oxygen atoms in total.